The fourth-order valence-corrected chi connectivity index (χ4v) is 3.11. The number of aryl methyl sites for hydroxylation is 2. The molecule has 0 radical (unpaired) electrons. The molecule has 1 aromatic heterocycles. The molecule has 0 aliphatic carbocycles. The largest absolute Gasteiger partial charge is 0.333 e. The Labute approximate surface area is 118 Å². The summed E-state index contributed by atoms with van der Waals surface area (Å²) >= 11 is 0. The average Bonchev–Trinajstić information content (AvgIpc) is 2.63. The third kappa shape index (κ3) is 1.88. The number of carbonyl (C=O) groups is 2. The van der Waals surface area contributed by atoms with E-state index in [1.165, 1.54) is 4.90 Å². The number of carbonyl (C=O) groups excluding carboxylic acids is 2. The molecule has 3 rings (SSSR count). The third-order valence-electron chi connectivity index (χ3n) is 4.21. The highest BCUT2D eigenvalue weighted by Gasteiger charge is 2.48. The third-order valence-corrected chi connectivity index (χ3v) is 4.21. The average molecular weight is 273 g/mol. The molecular weight excluding hydrogens is 254 g/mol. The van der Waals surface area contributed by atoms with Crippen molar-refractivity contribution in [2.24, 2.45) is 5.92 Å². The van der Waals surface area contributed by atoms with Crippen molar-refractivity contribution in [1.29, 1.82) is 0 Å². The van der Waals surface area contributed by atoms with Crippen molar-refractivity contribution in [3.8, 4) is 0 Å². The van der Waals surface area contributed by atoms with E-state index >= 15 is 0 Å². The zero-order chi connectivity index (χ0) is 14.4. The van der Waals surface area contributed by atoms with E-state index in [1.54, 1.807) is 11.1 Å². The van der Waals surface area contributed by atoms with Crippen molar-refractivity contribution >= 4 is 17.8 Å². The van der Waals surface area contributed by atoms with Gasteiger partial charge in [0.2, 0.25) is 0 Å². The SMILES string of the molecule is Cc1cnc(N2C(=O)C3CC(C)CCN3C2=O)c(C)c1. The maximum Gasteiger partial charge on any atom is 0.333 e. The maximum atomic E-state index is 12.6. The van der Waals surface area contributed by atoms with Crippen LogP contribution in [0, 0.1) is 19.8 Å². The van der Waals surface area contributed by atoms with Gasteiger partial charge in [-0.25, -0.2) is 14.7 Å². The first-order valence-corrected chi connectivity index (χ1v) is 7.07. The van der Waals surface area contributed by atoms with Crippen molar-refractivity contribution in [3.63, 3.8) is 0 Å². The van der Waals surface area contributed by atoms with Gasteiger partial charge in [0.05, 0.1) is 0 Å². The predicted octanol–water partition coefficient (Wildman–Crippen LogP) is 2.27. The van der Waals surface area contributed by atoms with Crippen LogP contribution in [-0.4, -0.2) is 34.4 Å². The van der Waals surface area contributed by atoms with Crippen LogP contribution in [0.15, 0.2) is 12.3 Å². The minimum atomic E-state index is -0.297. The van der Waals surface area contributed by atoms with Crippen LogP contribution < -0.4 is 4.90 Å². The van der Waals surface area contributed by atoms with Crippen LogP contribution in [0.5, 0.6) is 0 Å². The van der Waals surface area contributed by atoms with Crippen molar-refractivity contribution in [1.82, 2.24) is 9.88 Å². The van der Waals surface area contributed by atoms with Crippen LogP contribution >= 0.6 is 0 Å². The van der Waals surface area contributed by atoms with Gasteiger partial charge in [0.25, 0.3) is 5.91 Å². The Morgan fingerprint density at radius 2 is 2.05 bits per heavy atom. The Morgan fingerprint density at radius 1 is 1.30 bits per heavy atom. The van der Waals surface area contributed by atoms with E-state index in [0.29, 0.717) is 18.3 Å². The lowest BCUT2D eigenvalue weighted by molar-refractivity contribution is -0.120. The number of urea groups is 1. The van der Waals surface area contributed by atoms with E-state index in [9.17, 15) is 9.59 Å². The molecule has 0 spiro atoms. The lowest BCUT2D eigenvalue weighted by Gasteiger charge is -2.30. The van der Waals surface area contributed by atoms with Gasteiger partial charge in [-0.3, -0.25) is 4.79 Å². The Kier molecular flexibility index (Phi) is 3.00. The minimum Gasteiger partial charge on any atom is -0.312 e. The van der Waals surface area contributed by atoms with Crippen molar-refractivity contribution in [2.45, 2.75) is 39.7 Å². The summed E-state index contributed by atoms with van der Waals surface area (Å²) in [5.74, 6) is 0.841. The molecule has 2 aliphatic rings. The molecule has 106 valence electrons. The smallest absolute Gasteiger partial charge is 0.312 e. The topological polar surface area (TPSA) is 53.5 Å². The van der Waals surface area contributed by atoms with Gasteiger partial charge in [0, 0.05) is 12.7 Å². The molecular formula is C15H19N3O2. The summed E-state index contributed by atoms with van der Waals surface area (Å²) in [6, 6.07) is 1.43. The molecule has 2 unspecified atom stereocenters. The molecule has 3 amide bonds. The number of nitrogens with zero attached hydrogens (tertiary/aromatic N) is 3. The van der Waals surface area contributed by atoms with Crippen LogP contribution in [0.2, 0.25) is 0 Å². The Morgan fingerprint density at radius 3 is 2.75 bits per heavy atom. The van der Waals surface area contributed by atoms with E-state index < -0.39 is 0 Å². The van der Waals surface area contributed by atoms with Gasteiger partial charge >= 0.3 is 6.03 Å². The molecule has 2 aliphatic heterocycles. The van der Waals surface area contributed by atoms with Crippen molar-refractivity contribution in [3.05, 3.63) is 23.4 Å². The first-order chi connectivity index (χ1) is 9.49. The number of hydrogen-bond acceptors (Lipinski definition) is 3. The molecule has 2 saturated heterocycles. The van der Waals surface area contributed by atoms with E-state index in [-0.39, 0.29) is 18.0 Å². The van der Waals surface area contributed by atoms with Gasteiger partial charge in [-0.05, 0) is 43.7 Å². The number of piperidine rings is 1. The lowest BCUT2D eigenvalue weighted by atomic mass is 9.93. The highest BCUT2D eigenvalue weighted by Crippen LogP contribution is 2.33. The zero-order valence-corrected chi connectivity index (χ0v) is 12.1. The summed E-state index contributed by atoms with van der Waals surface area (Å²) < 4.78 is 0. The Bertz CT molecular complexity index is 584. The van der Waals surface area contributed by atoms with Crippen LogP contribution in [0.25, 0.3) is 0 Å². The number of pyridine rings is 1. The zero-order valence-electron chi connectivity index (χ0n) is 12.1. The van der Waals surface area contributed by atoms with Crippen LogP contribution in [0.3, 0.4) is 0 Å². The quantitative estimate of drug-likeness (QED) is 0.737. The van der Waals surface area contributed by atoms with Crippen LogP contribution in [0.4, 0.5) is 10.6 Å². The molecule has 0 aromatic carbocycles. The second-order valence-electron chi connectivity index (χ2n) is 5.95. The van der Waals surface area contributed by atoms with Crippen molar-refractivity contribution < 1.29 is 9.59 Å². The molecule has 2 atom stereocenters. The van der Waals surface area contributed by atoms with E-state index in [1.807, 2.05) is 19.9 Å². The molecule has 0 saturated carbocycles. The molecule has 3 heterocycles. The van der Waals surface area contributed by atoms with Gasteiger partial charge in [-0.15, -0.1) is 0 Å². The molecule has 5 nitrogen and oxygen atoms in total. The molecule has 5 heteroatoms. The minimum absolute atomic E-state index is 0.124. The molecule has 2 fully saturated rings. The molecule has 1 aromatic rings. The first kappa shape index (κ1) is 13.1. The number of rotatable bonds is 1. The van der Waals surface area contributed by atoms with Crippen LogP contribution in [0.1, 0.15) is 30.9 Å². The normalized spacial score (nSPS) is 26.1. The first-order valence-electron chi connectivity index (χ1n) is 7.07. The number of aromatic nitrogens is 1. The van der Waals surface area contributed by atoms with E-state index in [0.717, 1.165) is 24.0 Å². The summed E-state index contributed by atoms with van der Waals surface area (Å²) in [5.41, 5.74) is 1.89. The molecule has 0 N–H and O–H groups in total. The Balaban J connectivity index is 1.98. The number of hydrogen-bond donors (Lipinski definition) is 0. The maximum absolute atomic E-state index is 12.6. The lowest BCUT2D eigenvalue weighted by Crippen LogP contribution is -2.41. The Hall–Kier alpha value is -1.91. The monoisotopic (exact) mass is 273 g/mol. The van der Waals surface area contributed by atoms with Gasteiger partial charge < -0.3 is 4.90 Å². The van der Waals surface area contributed by atoms with Crippen molar-refractivity contribution in [2.75, 3.05) is 11.4 Å². The summed E-state index contributed by atoms with van der Waals surface area (Å²) in [5, 5.41) is 0. The summed E-state index contributed by atoms with van der Waals surface area (Å²) in [7, 11) is 0. The number of anilines is 1. The van der Waals surface area contributed by atoms with E-state index in [4.69, 9.17) is 0 Å². The van der Waals surface area contributed by atoms with E-state index in [2.05, 4.69) is 11.9 Å². The van der Waals surface area contributed by atoms with Gasteiger partial charge in [0.1, 0.15) is 11.9 Å². The fraction of sp³-hybridized carbons (Fsp3) is 0.533. The summed E-state index contributed by atoms with van der Waals surface area (Å²) in [6.07, 6.45) is 3.42. The van der Waals surface area contributed by atoms with Crippen LogP contribution in [-0.2, 0) is 4.79 Å². The number of fused-ring (bicyclic) bond motifs is 1. The predicted molar refractivity (Wildman–Crippen MR) is 75.5 cm³/mol. The van der Waals surface area contributed by atoms with Gasteiger partial charge in [-0.2, -0.15) is 0 Å². The molecule has 0 bridgehead atoms. The standard InChI is InChI=1S/C15H19N3O2/c1-9-4-5-17-12(7-9)14(19)18(15(17)20)13-11(3)6-10(2)8-16-13/h6,8-9,12H,4-5,7H2,1-3H3. The fourth-order valence-electron chi connectivity index (χ4n) is 3.11. The molecule has 20 heavy (non-hydrogen) atoms. The summed E-state index contributed by atoms with van der Waals surface area (Å²) in [6.45, 7) is 6.63. The van der Waals surface area contributed by atoms with Gasteiger partial charge in [0.15, 0.2) is 0 Å². The number of imide groups is 1. The highest BCUT2D eigenvalue weighted by atomic mass is 16.2. The second-order valence-corrected chi connectivity index (χ2v) is 5.95. The van der Waals surface area contributed by atoms with Gasteiger partial charge in [-0.1, -0.05) is 13.0 Å². The number of amides is 3. The summed E-state index contributed by atoms with van der Waals surface area (Å²) in [4.78, 5) is 32.3. The second kappa shape index (κ2) is 4.58. The highest BCUT2D eigenvalue weighted by molar-refractivity contribution is 6.21.